The zero-order valence-electron chi connectivity index (χ0n) is 19.4. The maximum absolute atomic E-state index is 14.8. The van der Waals surface area contributed by atoms with E-state index in [0.717, 1.165) is 21.5 Å². The first kappa shape index (κ1) is 21.4. The molecule has 0 saturated carbocycles. The lowest BCUT2D eigenvalue weighted by atomic mass is 10.1. The minimum absolute atomic E-state index is 0.847. The van der Waals surface area contributed by atoms with Gasteiger partial charge >= 0.3 is 0 Å². The molecule has 2 heterocycles. The van der Waals surface area contributed by atoms with E-state index in [1.54, 1.807) is 0 Å². The first-order valence-electron chi connectivity index (χ1n) is 12.0. The van der Waals surface area contributed by atoms with Gasteiger partial charge in [-0.3, -0.25) is 4.40 Å². The highest BCUT2D eigenvalue weighted by atomic mass is 32.1. The van der Waals surface area contributed by atoms with Crippen LogP contribution in [0.5, 0.6) is 0 Å². The number of fused-ring (bicyclic) bond motifs is 5. The summed E-state index contributed by atoms with van der Waals surface area (Å²) < 4.78 is 18.4. The standard InChI is InChI=1S/C32H22NOPS/c34-35(24-11-3-1-4-12-24,25-13-5-2-6-14-25)26-21-19-23(20-22-26)31-27-15-7-8-16-28(27)33-29-17-9-10-18-30(29)36-32(31)33/h1-22H. The summed E-state index contributed by atoms with van der Waals surface area (Å²) in [6.45, 7) is 0. The van der Waals surface area contributed by atoms with Gasteiger partial charge in [0.2, 0.25) is 0 Å². The van der Waals surface area contributed by atoms with Crippen LogP contribution in [0.3, 0.4) is 0 Å². The molecule has 7 rings (SSSR count). The van der Waals surface area contributed by atoms with Crippen LogP contribution in [-0.4, -0.2) is 4.40 Å². The van der Waals surface area contributed by atoms with Crippen LogP contribution in [0.15, 0.2) is 133 Å². The van der Waals surface area contributed by atoms with Crippen LogP contribution in [0.2, 0.25) is 0 Å². The Hall–Kier alpha value is -3.91. The largest absolute Gasteiger partial charge is 0.309 e. The highest BCUT2D eigenvalue weighted by Gasteiger charge is 2.29. The highest BCUT2D eigenvalue weighted by molar-refractivity contribution is 7.85. The van der Waals surface area contributed by atoms with Crippen molar-refractivity contribution in [3.8, 4) is 11.1 Å². The van der Waals surface area contributed by atoms with E-state index in [1.807, 2.05) is 72.0 Å². The number of thiazole rings is 1. The zero-order valence-corrected chi connectivity index (χ0v) is 21.1. The van der Waals surface area contributed by atoms with Crippen molar-refractivity contribution in [2.75, 3.05) is 0 Å². The molecule has 36 heavy (non-hydrogen) atoms. The predicted octanol–water partition coefficient (Wildman–Crippen LogP) is 7.61. The van der Waals surface area contributed by atoms with E-state index >= 15 is 0 Å². The monoisotopic (exact) mass is 499 g/mol. The van der Waals surface area contributed by atoms with Crippen molar-refractivity contribution in [3.63, 3.8) is 0 Å². The summed E-state index contributed by atoms with van der Waals surface area (Å²) in [4.78, 5) is 1.24. The summed E-state index contributed by atoms with van der Waals surface area (Å²) in [6.07, 6.45) is 0. The number of aromatic nitrogens is 1. The number of benzene rings is 5. The fourth-order valence-electron chi connectivity index (χ4n) is 5.22. The van der Waals surface area contributed by atoms with Crippen molar-refractivity contribution in [3.05, 3.63) is 133 Å². The summed E-state index contributed by atoms with van der Waals surface area (Å²) in [7, 11) is -3.00. The van der Waals surface area contributed by atoms with Crippen molar-refractivity contribution in [1.82, 2.24) is 4.40 Å². The van der Waals surface area contributed by atoms with Gasteiger partial charge in [0.1, 0.15) is 4.83 Å². The predicted molar refractivity (Wildman–Crippen MR) is 155 cm³/mol. The van der Waals surface area contributed by atoms with Crippen molar-refractivity contribution < 1.29 is 4.57 Å². The molecule has 172 valence electrons. The molecule has 0 aliphatic heterocycles. The van der Waals surface area contributed by atoms with E-state index < -0.39 is 7.14 Å². The van der Waals surface area contributed by atoms with Crippen LogP contribution >= 0.6 is 18.5 Å². The summed E-state index contributed by atoms with van der Waals surface area (Å²) >= 11 is 1.82. The second-order valence-corrected chi connectivity index (χ2v) is 12.7. The first-order chi connectivity index (χ1) is 17.7. The molecule has 0 spiro atoms. The maximum Gasteiger partial charge on any atom is 0.171 e. The molecule has 0 saturated heterocycles. The minimum atomic E-state index is -3.00. The zero-order chi connectivity index (χ0) is 24.1. The fourth-order valence-corrected chi connectivity index (χ4v) is 9.11. The Morgan fingerprint density at radius 3 is 1.72 bits per heavy atom. The topological polar surface area (TPSA) is 21.5 Å². The van der Waals surface area contributed by atoms with E-state index in [4.69, 9.17) is 0 Å². The average Bonchev–Trinajstić information content (AvgIpc) is 3.48. The molecule has 0 aliphatic carbocycles. The molecule has 0 radical (unpaired) electrons. The van der Waals surface area contributed by atoms with Gasteiger partial charge in [-0.2, -0.15) is 0 Å². The van der Waals surface area contributed by atoms with Crippen LogP contribution in [-0.2, 0) is 4.57 Å². The van der Waals surface area contributed by atoms with Crippen molar-refractivity contribution in [2.45, 2.75) is 0 Å². The molecule has 0 bridgehead atoms. The summed E-state index contributed by atoms with van der Waals surface area (Å²) in [6, 6.07) is 45.3. The van der Waals surface area contributed by atoms with Crippen LogP contribution in [0, 0.1) is 0 Å². The lowest BCUT2D eigenvalue weighted by Crippen LogP contribution is -2.24. The first-order valence-corrected chi connectivity index (χ1v) is 14.5. The van der Waals surface area contributed by atoms with Crippen LogP contribution in [0.1, 0.15) is 0 Å². The van der Waals surface area contributed by atoms with Gasteiger partial charge in [0.25, 0.3) is 0 Å². The van der Waals surface area contributed by atoms with E-state index in [-0.39, 0.29) is 0 Å². The van der Waals surface area contributed by atoms with Crippen molar-refractivity contribution in [2.24, 2.45) is 0 Å². The van der Waals surface area contributed by atoms with Gasteiger partial charge in [0, 0.05) is 26.9 Å². The van der Waals surface area contributed by atoms with Gasteiger partial charge in [-0.15, -0.1) is 11.3 Å². The molecule has 0 atom stereocenters. The number of nitrogens with zero attached hydrogens (tertiary/aromatic N) is 1. The number of hydrogen-bond acceptors (Lipinski definition) is 2. The number of para-hydroxylation sites is 2. The van der Waals surface area contributed by atoms with Crippen LogP contribution in [0.25, 0.3) is 37.1 Å². The number of hydrogen-bond donors (Lipinski definition) is 0. The quantitative estimate of drug-likeness (QED) is 0.228. The lowest BCUT2D eigenvalue weighted by Gasteiger charge is -2.20. The second-order valence-electron chi connectivity index (χ2n) is 8.93. The van der Waals surface area contributed by atoms with Gasteiger partial charge in [-0.25, -0.2) is 0 Å². The number of rotatable bonds is 4. The van der Waals surface area contributed by atoms with Crippen LogP contribution < -0.4 is 15.9 Å². The molecule has 0 N–H and O–H groups in total. The SMILES string of the molecule is O=P(c1ccccc1)(c1ccccc1)c1ccc(-c2c3ccccc3n3c2sc2ccccc23)cc1. The third-order valence-corrected chi connectivity index (χ3v) is 11.1. The maximum atomic E-state index is 14.8. The van der Waals surface area contributed by atoms with Crippen molar-refractivity contribution in [1.29, 1.82) is 0 Å². The molecule has 2 aromatic heterocycles. The summed E-state index contributed by atoms with van der Waals surface area (Å²) in [5.41, 5.74) is 4.81. The molecule has 2 nitrogen and oxygen atoms in total. The van der Waals surface area contributed by atoms with Gasteiger partial charge in [-0.05, 0) is 23.8 Å². The van der Waals surface area contributed by atoms with Gasteiger partial charge in [0.05, 0.1) is 15.7 Å². The Kier molecular flexibility index (Phi) is 4.95. The Labute approximate surface area is 213 Å². The Morgan fingerprint density at radius 1 is 0.528 bits per heavy atom. The second kappa shape index (κ2) is 8.34. The van der Waals surface area contributed by atoms with Gasteiger partial charge in [0.15, 0.2) is 7.14 Å². The van der Waals surface area contributed by atoms with Gasteiger partial charge < -0.3 is 4.57 Å². The summed E-state index contributed by atoms with van der Waals surface area (Å²) in [5.74, 6) is 0. The van der Waals surface area contributed by atoms with E-state index in [0.29, 0.717) is 0 Å². The Bertz CT molecular complexity index is 1860. The minimum Gasteiger partial charge on any atom is -0.309 e. The van der Waals surface area contributed by atoms with E-state index in [1.165, 1.54) is 31.5 Å². The Balaban J connectivity index is 1.45. The molecular formula is C32H22NOPS. The Morgan fingerprint density at radius 2 is 1.06 bits per heavy atom. The molecule has 0 aliphatic rings. The fraction of sp³-hybridized carbons (Fsp3) is 0. The molecular weight excluding hydrogens is 477 g/mol. The smallest absolute Gasteiger partial charge is 0.171 e. The molecule has 5 aromatic carbocycles. The molecule has 4 heteroatoms. The summed E-state index contributed by atoms with van der Waals surface area (Å²) in [5, 5.41) is 3.78. The van der Waals surface area contributed by atoms with E-state index in [2.05, 4.69) is 77.2 Å². The normalized spacial score (nSPS) is 12.0. The molecule has 0 fully saturated rings. The van der Waals surface area contributed by atoms with Crippen LogP contribution in [0.4, 0.5) is 0 Å². The average molecular weight is 500 g/mol. The molecule has 0 amide bonds. The van der Waals surface area contributed by atoms with E-state index in [9.17, 15) is 4.57 Å². The third-order valence-electron chi connectivity index (χ3n) is 6.90. The molecule has 0 unspecified atom stereocenters. The lowest BCUT2D eigenvalue weighted by molar-refractivity contribution is 0.592. The molecule has 7 aromatic rings. The van der Waals surface area contributed by atoms with Gasteiger partial charge in [-0.1, -0.05) is 115 Å². The third kappa shape index (κ3) is 3.14. The highest BCUT2D eigenvalue weighted by Crippen LogP contribution is 2.44. The van der Waals surface area contributed by atoms with Crippen molar-refractivity contribution >= 4 is 60.3 Å².